The summed E-state index contributed by atoms with van der Waals surface area (Å²) in [4.78, 5) is 24.0. The predicted molar refractivity (Wildman–Crippen MR) is 65.3 cm³/mol. The van der Waals surface area contributed by atoms with Crippen molar-refractivity contribution in [3.05, 3.63) is 23.7 Å². The third kappa shape index (κ3) is 3.89. The van der Waals surface area contributed by atoms with Gasteiger partial charge in [-0.05, 0) is 26.0 Å². The summed E-state index contributed by atoms with van der Waals surface area (Å²) in [6.45, 7) is 5.76. The van der Waals surface area contributed by atoms with Crippen LogP contribution >= 0.6 is 0 Å². The van der Waals surface area contributed by atoms with E-state index in [-0.39, 0.29) is 18.2 Å². The molecular formula is C12H18N2O4. The number of likely N-dealkylation sites (N-methyl/N-ethyl adjacent to an activating group) is 1. The number of carbonyl (C=O) groups excluding carboxylic acids is 1. The molecule has 1 heterocycles. The van der Waals surface area contributed by atoms with E-state index in [1.165, 1.54) is 6.07 Å². The van der Waals surface area contributed by atoms with Crippen molar-refractivity contribution in [3.8, 4) is 0 Å². The zero-order valence-electron chi connectivity index (χ0n) is 10.6. The van der Waals surface area contributed by atoms with Crippen LogP contribution in [0.3, 0.4) is 0 Å². The Labute approximate surface area is 106 Å². The highest BCUT2D eigenvalue weighted by Crippen LogP contribution is 2.07. The molecule has 1 aromatic rings. The zero-order chi connectivity index (χ0) is 13.5. The number of furan rings is 1. The fourth-order valence-electron chi connectivity index (χ4n) is 1.57. The molecule has 0 bridgehead atoms. The van der Waals surface area contributed by atoms with Crippen molar-refractivity contribution in [2.24, 2.45) is 0 Å². The summed E-state index contributed by atoms with van der Waals surface area (Å²) in [5.74, 6) is -0.674. The van der Waals surface area contributed by atoms with Crippen LogP contribution in [0.15, 0.2) is 16.5 Å². The lowest BCUT2D eigenvalue weighted by Crippen LogP contribution is -2.37. The van der Waals surface area contributed by atoms with Crippen LogP contribution in [-0.2, 0) is 11.3 Å². The first-order valence-corrected chi connectivity index (χ1v) is 5.89. The van der Waals surface area contributed by atoms with Gasteiger partial charge in [0, 0.05) is 13.1 Å². The lowest BCUT2D eigenvalue weighted by Gasteiger charge is -2.18. The first-order chi connectivity index (χ1) is 8.58. The van der Waals surface area contributed by atoms with Crippen molar-refractivity contribution in [2.75, 3.05) is 19.6 Å². The van der Waals surface area contributed by atoms with E-state index >= 15 is 0 Å². The molecule has 2 N–H and O–H groups in total. The van der Waals surface area contributed by atoms with Gasteiger partial charge in [0.1, 0.15) is 5.76 Å². The molecule has 0 unspecified atom stereocenters. The molecule has 0 aliphatic carbocycles. The van der Waals surface area contributed by atoms with Crippen molar-refractivity contribution in [1.82, 2.24) is 10.2 Å². The smallest absolute Gasteiger partial charge is 0.371 e. The highest BCUT2D eigenvalue weighted by Gasteiger charge is 2.11. The predicted octanol–water partition coefficient (Wildman–Crippen LogP) is 0.936. The lowest BCUT2D eigenvalue weighted by molar-refractivity contribution is -0.129. The first kappa shape index (κ1) is 14.2. The van der Waals surface area contributed by atoms with Crippen LogP contribution in [0.4, 0.5) is 0 Å². The Morgan fingerprint density at radius 2 is 2.00 bits per heavy atom. The highest BCUT2D eigenvalue weighted by atomic mass is 16.4. The van der Waals surface area contributed by atoms with Crippen molar-refractivity contribution in [3.63, 3.8) is 0 Å². The highest BCUT2D eigenvalue weighted by molar-refractivity contribution is 5.84. The minimum absolute atomic E-state index is 0.0185. The first-order valence-electron chi connectivity index (χ1n) is 5.89. The van der Waals surface area contributed by atoms with Crippen molar-refractivity contribution >= 4 is 11.9 Å². The van der Waals surface area contributed by atoms with Gasteiger partial charge in [-0.3, -0.25) is 4.79 Å². The van der Waals surface area contributed by atoms with Crippen LogP contribution < -0.4 is 5.32 Å². The molecule has 100 valence electrons. The van der Waals surface area contributed by atoms with Gasteiger partial charge < -0.3 is 19.7 Å². The molecule has 0 aliphatic rings. The molecule has 18 heavy (non-hydrogen) atoms. The van der Waals surface area contributed by atoms with E-state index < -0.39 is 5.97 Å². The van der Waals surface area contributed by atoms with Crippen LogP contribution in [-0.4, -0.2) is 41.5 Å². The number of rotatable bonds is 7. The fourth-order valence-corrected chi connectivity index (χ4v) is 1.57. The number of nitrogens with one attached hydrogen (secondary N) is 1. The van der Waals surface area contributed by atoms with Gasteiger partial charge >= 0.3 is 5.97 Å². The summed E-state index contributed by atoms with van der Waals surface area (Å²) >= 11 is 0. The minimum atomic E-state index is -1.10. The minimum Gasteiger partial charge on any atom is -0.475 e. The summed E-state index contributed by atoms with van der Waals surface area (Å²) in [7, 11) is 0. The Kier molecular flexibility index (Phi) is 5.38. The molecule has 1 amide bonds. The number of aromatic carboxylic acids is 1. The summed E-state index contributed by atoms with van der Waals surface area (Å²) in [5.41, 5.74) is 0. The van der Waals surface area contributed by atoms with Crippen molar-refractivity contribution in [2.45, 2.75) is 20.4 Å². The molecule has 0 fully saturated rings. The van der Waals surface area contributed by atoms with Crippen LogP contribution in [0.25, 0.3) is 0 Å². The summed E-state index contributed by atoms with van der Waals surface area (Å²) in [5, 5.41) is 11.6. The SMILES string of the molecule is CCN(CC)C(=O)CNCc1ccc(C(=O)O)o1. The van der Waals surface area contributed by atoms with Gasteiger partial charge in [-0.1, -0.05) is 0 Å². The van der Waals surface area contributed by atoms with E-state index in [1.54, 1.807) is 11.0 Å². The van der Waals surface area contributed by atoms with E-state index in [4.69, 9.17) is 9.52 Å². The van der Waals surface area contributed by atoms with Crippen LogP contribution in [0.5, 0.6) is 0 Å². The van der Waals surface area contributed by atoms with E-state index in [2.05, 4.69) is 5.32 Å². The van der Waals surface area contributed by atoms with Crippen LogP contribution in [0, 0.1) is 0 Å². The molecule has 6 nitrogen and oxygen atoms in total. The fraction of sp³-hybridized carbons (Fsp3) is 0.500. The maximum absolute atomic E-state index is 11.6. The molecule has 1 aromatic heterocycles. The number of carboxylic acids is 1. The molecule has 0 saturated carbocycles. The van der Waals surface area contributed by atoms with Crippen LogP contribution in [0.2, 0.25) is 0 Å². The normalized spacial score (nSPS) is 10.3. The number of carbonyl (C=O) groups is 2. The molecule has 0 radical (unpaired) electrons. The van der Waals surface area contributed by atoms with Gasteiger partial charge in [-0.25, -0.2) is 4.79 Å². The van der Waals surface area contributed by atoms with Gasteiger partial charge in [-0.2, -0.15) is 0 Å². The van der Waals surface area contributed by atoms with Gasteiger partial charge in [0.25, 0.3) is 0 Å². The van der Waals surface area contributed by atoms with Gasteiger partial charge in [-0.15, -0.1) is 0 Å². The lowest BCUT2D eigenvalue weighted by atomic mass is 10.4. The summed E-state index contributed by atoms with van der Waals surface area (Å²) < 4.78 is 5.05. The van der Waals surface area contributed by atoms with E-state index in [0.29, 0.717) is 25.4 Å². The van der Waals surface area contributed by atoms with E-state index in [0.717, 1.165) is 0 Å². The Bertz CT molecular complexity index is 410. The van der Waals surface area contributed by atoms with Crippen molar-refractivity contribution in [1.29, 1.82) is 0 Å². The van der Waals surface area contributed by atoms with Crippen molar-refractivity contribution < 1.29 is 19.1 Å². The Balaban J connectivity index is 2.37. The molecule has 0 aromatic carbocycles. The summed E-state index contributed by atoms with van der Waals surface area (Å²) in [6.07, 6.45) is 0. The third-order valence-corrected chi connectivity index (χ3v) is 2.56. The number of hydrogen-bond donors (Lipinski definition) is 2. The third-order valence-electron chi connectivity index (χ3n) is 2.56. The quantitative estimate of drug-likeness (QED) is 0.756. The number of hydrogen-bond acceptors (Lipinski definition) is 4. The van der Waals surface area contributed by atoms with Gasteiger partial charge in [0.2, 0.25) is 11.7 Å². The Morgan fingerprint density at radius 3 is 2.50 bits per heavy atom. The second kappa shape index (κ2) is 6.80. The molecule has 0 atom stereocenters. The Hall–Kier alpha value is -1.82. The number of nitrogens with zero attached hydrogens (tertiary/aromatic N) is 1. The van der Waals surface area contributed by atoms with E-state index in [9.17, 15) is 9.59 Å². The molecule has 0 spiro atoms. The topological polar surface area (TPSA) is 82.8 Å². The second-order valence-corrected chi connectivity index (χ2v) is 3.74. The molecule has 1 rings (SSSR count). The molecule has 6 heteroatoms. The zero-order valence-corrected chi connectivity index (χ0v) is 10.6. The van der Waals surface area contributed by atoms with E-state index in [1.807, 2.05) is 13.8 Å². The number of carboxylic acid groups (broad SMARTS) is 1. The van der Waals surface area contributed by atoms with Crippen LogP contribution in [0.1, 0.15) is 30.2 Å². The molecular weight excluding hydrogens is 236 g/mol. The molecule has 0 aliphatic heterocycles. The standard InChI is InChI=1S/C12H18N2O4/c1-3-14(4-2)11(15)8-13-7-9-5-6-10(18-9)12(16)17/h5-6,13H,3-4,7-8H2,1-2H3,(H,16,17). The summed E-state index contributed by atoms with van der Waals surface area (Å²) in [6, 6.07) is 2.98. The maximum atomic E-state index is 11.6. The monoisotopic (exact) mass is 254 g/mol. The largest absolute Gasteiger partial charge is 0.475 e. The number of amides is 1. The second-order valence-electron chi connectivity index (χ2n) is 3.74. The Morgan fingerprint density at radius 1 is 1.33 bits per heavy atom. The van der Waals surface area contributed by atoms with Gasteiger partial charge in [0.05, 0.1) is 13.1 Å². The van der Waals surface area contributed by atoms with Gasteiger partial charge in [0.15, 0.2) is 0 Å². The average Bonchev–Trinajstić information content (AvgIpc) is 2.79. The average molecular weight is 254 g/mol. The maximum Gasteiger partial charge on any atom is 0.371 e. The molecule has 0 saturated heterocycles.